The third-order valence-electron chi connectivity index (χ3n) is 3.35. The van der Waals surface area contributed by atoms with Crippen LogP contribution in [0.1, 0.15) is 32.5 Å². The molecule has 2 rings (SSSR count). The molecule has 116 valence electrons. The molecule has 0 aliphatic heterocycles. The monoisotopic (exact) mass is 302 g/mol. The van der Waals surface area contributed by atoms with E-state index < -0.39 is 12.1 Å². The number of carbonyl (C=O) groups is 2. The SMILES string of the molecule is COC(=O)c1ccc(C(=O)NC[C@@H](O)c2cccn2C)cc1. The number of nitrogens with one attached hydrogen (secondary N) is 1. The van der Waals surface area contributed by atoms with Gasteiger partial charge in [-0.2, -0.15) is 0 Å². The van der Waals surface area contributed by atoms with Gasteiger partial charge in [0, 0.05) is 31.0 Å². The van der Waals surface area contributed by atoms with E-state index in [0.717, 1.165) is 5.69 Å². The molecule has 6 nitrogen and oxygen atoms in total. The number of methoxy groups -OCH3 is 1. The van der Waals surface area contributed by atoms with Gasteiger partial charge in [-0.3, -0.25) is 4.79 Å². The van der Waals surface area contributed by atoms with Crippen molar-refractivity contribution in [1.29, 1.82) is 0 Å². The Morgan fingerprint density at radius 2 is 1.86 bits per heavy atom. The van der Waals surface area contributed by atoms with Crippen molar-refractivity contribution in [2.75, 3.05) is 13.7 Å². The number of ether oxygens (including phenoxy) is 1. The number of aromatic nitrogens is 1. The van der Waals surface area contributed by atoms with Crippen molar-refractivity contribution in [2.45, 2.75) is 6.10 Å². The van der Waals surface area contributed by atoms with Crippen LogP contribution in [0, 0.1) is 0 Å². The molecule has 0 radical (unpaired) electrons. The number of benzene rings is 1. The van der Waals surface area contributed by atoms with Crippen LogP contribution < -0.4 is 5.32 Å². The number of aryl methyl sites for hydroxylation is 1. The molecule has 1 heterocycles. The maximum Gasteiger partial charge on any atom is 0.337 e. The van der Waals surface area contributed by atoms with Crippen LogP contribution >= 0.6 is 0 Å². The van der Waals surface area contributed by atoms with Crippen LogP contribution in [-0.2, 0) is 11.8 Å². The fourth-order valence-electron chi connectivity index (χ4n) is 2.09. The molecule has 1 aromatic carbocycles. The van der Waals surface area contributed by atoms with E-state index in [1.54, 1.807) is 10.6 Å². The zero-order chi connectivity index (χ0) is 16.1. The first-order valence-electron chi connectivity index (χ1n) is 6.79. The van der Waals surface area contributed by atoms with Crippen LogP contribution in [0.5, 0.6) is 0 Å². The lowest BCUT2D eigenvalue weighted by atomic mass is 10.1. The molecule has 22 heavy (non-hydrogen) atoms. The predicted octanol–water partition coefficient (Wildman–Crippen LogP) is 1.28. The summed E-state index contributed by atoms with van der Waals surface area (Å²) in [6.07, 6.45) is 1.05. The van der Waals surface area contributed by atoms with Gasteiger partial charge in [-0.1, -0.05) is 0 Å². The summed E-state index contributed by atoms with van der Waals surface area (Å²) < 4.78 is 6.39. The Labute approximate surface area is 128 Å². The molecule has 0 bridgehead atoms. The topological polar surface area (TPSA) is 80.6 Å². The molecule has 2 N–H and O–H groups in total. The van der Waals surface area contributed by atoms with Gasteiger partial charge in [0.05, 0.1) is 12.7 Å². The maximum atomic E-state index is 12.0. The Morgan fingerprint density at radius 1 is 1.23 bits per heavy atom. The number of rotatable bonds is 5. The van der Waals surface area contributed by atoms with E-state index in [9.17, 15) is 14.7 Å². The average Bonchev–Trinajstić information content (AvgIpc) is 2.97. The van der Waals surface area contributed by atoms with Crippen LogP contribution in [0.3, 0.4) is 0 Å². The predicted molar refractivity (Wildman–Crippen MR) is 80.5 cm³/mol. The molecule has 0 fully saturated rings. The molecule has 6 heteroatoms. The summed E-state index contributed by atoms with van der Waals surface area (Å²) in [5.74, 6) is -0.768. The molecule has 2 aromatic rings. The Kier molecular flexibility index (Phi) is 4.95. The zero-order valence-electron chi connectivity index (χ0n) is 12.4. The molecule has 0 aliphatic rings. The lowest BCUT2D eigenvalue weighted by Crippen LogP contribution is -2.29. The van der Waals surface area contributed by atoms with Crippen molar-refractivity contribution in [1.82, 2.24) is 9.88 Å². The van der Waals surface area contributed by atoms with E-state index >= 15 is 0 Å². The van der Waals surface area contributed by atoms with Gasteiger partial charge in [0.1, 0.15) is 6.10 Å². The molecule has 1 aromatic heterocycles. The average molecular weight is 302 g/mol. The molecule has 1 amide bonds. The largest absolute Gasteiger partial charge is 0.465 e. The number of aliphatic hydroxyl groups is 1. The highest BCUT2D eigenvalue weighted by atomic mass is 16.5. The summed E-state index contributed by atoms with van der Waals surface area (Å²) in [6.45, 7) is 0.107. The van der Waals surface area contributed by atoms with Gasteiger partial charge in [-0.25, -0.2) is 4.79 Å². The summed E-state index contributed by atoms with van der Waals surface area (Å²) in [7, 11) is 3.12. The van der Waals surface area contributed by atoms with E-state index in [2.05, 4.69) is 10.1 Å². The number of esters is 1. The van der Waals surface area contributed by atoms with E-state index in [1.807, 2.05) is 19.3 Å². The van der Waals surface area contributed by atoms with Crippen molar-refractivity contribution < 1.29 is 19.4 Å². The minimum Gasteiger partial charge on any atom is -0.465 e. The lowest BCUT2D eigenvalue weighted by Gasteiger charge is -2.13. The van der Waals surface area contributed by atoms with Crippen molar-refractivity contribution >= 4 is 11.9 Å². The van der Waals surface area contributed by atoms with Crippen LogP contribution in [0.2, 0.25) is 0 Å². The minimum absolute atomic E-state index is 0.107. The van der Waals surface area contributed by atoms with Crippen molar-refractivity contribution in [2.24, 2.45) is 7.05 Å². The quantitative estimate of drug-likeness (QED) is 0.815. The second kappa shape index (κ2) is 6.91. The van der Waals surface area contributed by atoms with Crippen LogP contribution in [0.4, 0.5) is 0 Å². The van der Waals surface area contributed by atoms with E-state index in [1.165, 1.54) is 31.4 Å². The minimum atomic E-state index is -0.779. The zero-order valence-corrected chi connectivity index (χ0v) is 12.4. The van der Waals surface area contributed by atoms with E-state index in [0.29, 0.717) is 11.1 Å². The molecular weight excluding hydrogens is 284 g/mol. The summed E-state index contributed by atoms with van der Waals surface area (Å²) in [4.78, 5) is 23.3. The van der Waals surface area contributed by atoms with E-state index in [4.69, 9.17) is 0 Å². The highest BCUT2D eigenvalue weighted by molar-refractivity contribution is 5.96. The number of aliphatic hydroxyl groups excluding tert-OH is 1. The number of amides is 1. The molecule has 0 saturated carbocycles. The third kappa shape index (κ3) is 3.53. The Bertz CT molecular complexity index is 661. The molecule has 1 atom stereocenters. The summed E-state index contributed by atoms with van der Waals surface area (Å²) >= 11 is 0. The second-order valence-electron chi connectivity index (χ2n) is 4.84. The lowest BCUT2D eigenvalue weighted by molar-refractivity contribution is 0.0600. The summed E-state index contributed by atoms with van der Waals surface area (Å²) in [6, 6.07) is 9.74. The molecule has 0 aliphatic carbocycles. The molecule has 0 saturated heterocycles. The second-order valence-corrected chi connectivity index (χ2v) is 4.84. The van der Waals surface area contributed by atoms with E-state index in [-0.39, 0.29) is 12.5 Å². The fourth-order valence-corrected chi connectivity index (χ4v) is 2.09. The Balaban J connectivity index is 1.95. The number of carbonyl (C=O) groups excluding carboxylic acids is 2. The standard InChI is InChI=1S/C16H18N2O4/c1-18-9-3-4-13(18)14(19)10-17-15(20)11-5-7-12(8-6-11)16(21)22-2/h3-9,14,19H,10H2,1-2H3,(H,17,20)/t14-/m1/s1. The Hall–Kier alpha value is -2.60. The fraction of sp³-hybridized carbons (Fsp3) is 0.250. The van der Waals surface area contributed by atoms with Gasteiger partial charge in [-0.05, 0) is 36.4 Å². The van der Waals surface area contributed by atoms with Gasteiger partial charge in [-0.15, -0.1) is 0 Å². The van der Waals surface area contributed by atoms with Gasteiger partial charge in [0.15, 0.2) is 0 Å². The third-order valence-corrected chi connectivity index (χ3v) is 3.35. The number of hydrogen-bond donors (Lipinski definition) is 2. The van der Waals surface area contributed by atoms with Crippen LogP contribution in [0.25, 0.3) is 0 Å². The number of nitrogens with zero attached hydrogens (tertiary/aromatic N) is 1. The Morgan fingerprint density at radius 3 is 2.41 bits per heavy atom. The number of hydrogen-bond acceptors (Lipinski definition) is 4. The van der Waals surface area contributed by atoms with Crippen LogP contribution in [0.15, 0.2) is 42.6 Å². The molecule has 0 spiro atoms. The van der Waals surface area contributed by atoms with Crippen molar-refractivity contribution in [3.8, 4) is 0 Å². The first-order chi connectivity index (χ1) is 10.5. The van der Waals surface area contributed by atoms with Crippen LogP contribution in [-0.4, -0.2) is 35.2 Å². The molecular formula is C16H18N2O4. The van der Waals surface area contributed by atoms with Crippen molar-refractivity contribution in [3.05, 3.63) is 59.4 Å². The van der Waals surface area contributed by atoms with Gasteiger partial charge in [0.25, 0.3) is 5.91 Å². The molecule has 0 unspecified atom stereocenters. The summed E-state index contributed by atoms with van der Waals surface area (Å²) in [5, 5.41) is 12.7. The van der Waals surface area contributed by atoms with Gasteiger partial charge < -0.3 is 19.7 Å². The normalized spacial score (nSPS) is 11.8. The van der Waals surface area contributed by atoms with Crippen molar-refractivity contribution in [3.63, 3.8) is 0 Å². The smallest absolute Gasteiger partial charge is 0.337 e. The highest BCUT2D eigenvalue weighted by Crippen LogP contribution is 2.12. The highest BCUT2D eigenvalue weighted by Gasteiger charge is 2.13. The van der Waals surface area contributed by atoms with Gasteiger partial charge >= 0.3 is 5.97 Å². The first-order valence-corrected chi connectivity index (χ1v) is 6.79. The van der Waals surface area contributed by atoms with Gasteiger partial charge in [0.2, 0.25) is 0 Å². The maximum absolute atomic E-state index is 12.0. The first kappa shape index (κ1) is 15.8. The summed E-state index contributed by atoms with van der Waals surface area (Å²) in [5.41, 5.74) is 1.51.